The van der Waals surface area contributed by atoms with Gasteiger partial charge in [0.05, 0.1) is 6.04 Å². The molecule has 2 amide bonds. The Morgan fingerprint density at radius 2 is 1.78 bits per heavy atom. The number of nitrogens with zero attached hydrogens (tertiary/aromatic N) is 1. The van der Waals surface area contributed by atoms with E-state index in [4.69, 9.17) is 5.11 Å². The summed E-state index contributed by atoms with van der Waals surface area (Å²) in [6.07, 6.45) is 10.7. The number of aliphatic carboxylic acids is 1. The van der Waals surface area contributed by atoms with Gasteiger partial charge in [0.2, 0.25) is 11.8 Å². The van der Waals surface area contributed by atoms with Gasteiger partial charge in [0, 0.05) is 6.54 Å². The van der Waals surface area contributed by atoms with Crippen LogP contribution in [0.1, 0.15) is 64.2 Å². The first kappa shape index (κ1) is 20.1. The van der Waals surface area contributed by atoms with Crippen LogP contribution in [0.4, 0.5) is 0 Å². The summed E-state index contributed by atoms with van der Waals surface area (Å²) in [5, 5.41) is 15.2. The van der Waals surface area contributed by atoms with Crippen LogP contribution >= 0.6 is 0 Å². The summed E-state index contributed by atoms with van der Waals surface area (Å²) < 4.78 is 0. The number of hydrogen-bond donors (Lipinski definition) is 3. The molecule has 7 nitrogen and oxygen atoms in total. The van der Waals surface area contributed by atoms with Gasteiger partial charge in [-0.2, -0.15) is 0 Å². The minimum Gasteiger partial charge on any atom is -0.480 e. The molecule has 3 fully saturated rings. The van der Waals surface area contributed by atoms with Gasteiger partial charge in [0.25, 0.3) is 0 Å². The van der Waals surface area contributed by atoms with Crippen molar-refractivity contribution >= 4 is 17.8 Å². The number of likely N-dealkylation sites (tertiary alicyclic amines) is 1. The molecule has 27 heavy (non-hydrogen) atoms. The Bertz CT molecular complexity index is 547. The van der Waals surface area contributed by atoms with E-state index in [0.29, 0.717) is 18.9 Å². The van der Waals surface area contributed by atoms with Crippen LogP contribution in [0.3, 0.4) is 0 Å². The topological polar surface area (TPSA) is 98.7 Å². The van der Waals surface area contributed by atoms with E-state index in [9.17, 15) is 14.4 Å². The fourth-order valence-electron chi connectivity index (χ4n) is 5.01. The van der Waals surface area contributed by atoms with Gasteiger partial charge in [-0.3, -0.25) is 14.4 Å². The van der Waals surface area contributed by atoms with Crippen LogP contribution in [0, 0.1) is 11.8 Å². The second kappa shape index (κ2) is 9.53. The van der Waals surface area contributed by atoms with Gasteiger partial charge in [0.1, 0.15) is 12.6 Å². The van der Waals surface area contributed by atoms with Crippen LogP contribution in [0.25, 0.3) is 0 Å². The molecule has 0 aromatic carbocycles. The number of carbonyl (C=O) groups excluding carboxylic acids is 2. The van der Waals surface area contributed by atoms with Gasteiger partial charge in [-0.05, 0) is 50.5 Å². The highest BCUT2D eigenvalue weighted by Crippen LogP contribution is 2.35. The molecule has 2 heterocycles. The number of hydrogen-bond acceptors (Lipinski definition) is 4. The summed E-state index contributed by atoms with van der Waals surface area (Å²) in [5.74, 6) is -0.0501. The zero-order valence-corrected chi connectivity index (χ0v) is 16.1. The lowest BCUT2D eigenvalue weighted by Gasteiger charge is -2.37. The van der Waals surface area contributed by atoms with E-state index < -0.39 is 12.0 Å². The zero-order chi connectivity index (χ0) is 19.2. The molecule has 3 rings (SSSR count). The number of carboxylic acids is 1. The van der Waals surface area contributed by atoms with Crippen molar-refractivity contribution in [1.82, 2.24) is 15.5 Å². The Labute approximate surface area is 161 Å². The van der Waals surface area contributed by atoms with Crippen LogP contribution in [-0.2, 0) is 14.4 Å². The van der Waals surface area contributed by atoms with E-state index in [1.54, 1.807) is 0 Å². The van der Waals surface area contributed by atoms with Crippen molar-refractivity contribution in [3.8, 4) is 0 Å². The van der Waals surface area contributed by atoms with Crippen LogP contribution in [0.5, 0.6) is 0 Å². The Balaban J connectivity index is 1.56. The molecule has 7 heteroatoms. The van der Waals surface area contributed by atoms with Gasteiger partial charge in [-0.15, -0.1) is 0 Å². The SMILES string of the molecule is O=C(O)CN1CCCCC(NC(=O)C2CC(C3CCCCC3)CCN2)C1=O. The summed E-state index contributed by atoms with van der Waals surface area (Å²) in [4.78, 5) is 37.8. The van der Waals surface area contributed by atoms with Crippen molar-refractivity contribution in [3.05, 3.63) is 0 Å². The Kier molecular flexibility index (Phi) is 7.10. The molecule has 1 saturated carbocycles. The number of carbonyl (C=O) groups is 3. The third kappa shape index (κ3) is 5.43. The van der Waals surface area contributed by atoms with Gasteiger partial charge < -0.3 is 20.6 Å². The molecule has 0 radical (unpaired) electrons. The molecule has 0 aromatic heterocycles. The maximum Gasteiger partial charge on any atom is 0.323 e. The lowest BCUT2D eigenvalue weighted by Crippen LogP contribution is -2.55. The minimum atomic E-state index is -1.01. The molecule has 0 spiro atoms. The van der Waals surface area contributed by atoms with Crippen LogP contribution < -0.4 is 10.6 Å². The van der Waals surface area contributed by atoms with E-state index >= 15 is 0 Å². The predicted molar refractivity (Wildman–Crippen MR) is 101 cm³/mol. The summed E-state index contributed by atoms with van der Waals surface area (Å²) in [6.45, 7) is 1.00. The average Bonchev–Trinajstić information content (AvgIpc) is 2.84. The first-order valence-corrected chi connectivity index (χ1v) is 10.6. The predicted octanol–water partition coefficient (Wildman–Crippen LogP) is 1.52. The van der Waals surface area contributed by atoms with Gasteiger partial charge in [0.15, 0.2) is 0 Å². The average molecular weight is 380 g/mol. The van der Waals surface area contributed by atoms with Crippen LogP contribution in [0.2, 0.25) is 0 Å². The molecule has 3 atom stereocenters. The fourth-order valence-corrected chi connectivity index (χ4v) is 5.01. The molecule has 1 aliphatic carbocycles. The van der Waals surface area contributed by atoms with Crippen LogP contribution in [-0.4, -0.2) is 59.5 Å². The summed E-state index contributed by atoms with van der Waals surface area (Å²) in [7, 11) is 0. The lowest BCUT2D eigenvalue weighted by atomic mass is 9.74. The molecule has 3 unspecified atom stereocenters. The minimum absolute atomic E-state index is 0.106. The van der Waals surface area contributed by atoms with E-state index in [1.807, 2.05) is 0 Å². The highest BCUT2D eigenvalue weighted by molar-refractivity contribution is 5.91. The molecule has 2 aliphatic heterocycles. The summed E-state index contributed by atoms with van der Waals surface area (Å²) in [5.41, 5.74) is 0. The van der Waals surface area contributed by atoms with E-state index in [1.165, 1.54) is 37.0 Å². The number of carboxylic acid groups (broad SMARTS) is 1. The fraction of sp³-hybridized carbons (Fsp3) is 0.850. The van der Waals surface area contributed by atoms with Crippen molar-refractivity contribution in [2.24, 2.45) is 11.8 Å². The molecular formula is C20H33N3O4. The largest absolute Gasteiger partial charge is 0.480 e. The first-order valence-electron chi connectivity index (χ1n) is 10.6. The number of rotatable bonds is 5. The number of amides is 2. The Morgan fingerprint density at radius 1 is 1.04 bits per heavy atom. The maximum absolute atomic E-state index is 12.8. The molecule has 0 bridgehead atoms. The summed E-state index contributed by atoms with van der Waals surface area (Å²) >= 11 is 0. The van der Waals surface area contributed by atoms with Gasteiger partial charge in [-0.1, -0.05) is 32.1 Å². The maximum atomic E-state index is 12.8. The molecule has 0 aromatic rings. The first-order chi connectivity index (χ1) is 13.0. The van der Waals surface area contributed by atoms with Crippen molar-refractivity contribution in [2.75, 3.05) is 19.6 Å². The third-order valence-electron chi connectivity index (χ3n) is 6.50. The monoisotopic (exact) mass is 379 g/mol. The van der Waals surface area contributed by atoms with E-state index in [2.05, 4.69) is 10.6 Å². The van der Waals surface area contributed by atoms with Gasteiger partial charge in [-0.25, -0.2) is 0 Å². The number of nitrogens with one attached hydrogen (secondary N) is 2. The summed E-state index contributed by atoms with van der Waals surface area (Å²) in [6, 6.07) is -0.842. The van der Waals surface area contributed by atoms with Gasteiger partial charge >= 0.3 is 5.97 Å². The Hall–Kier alpha value is -1.63. The smallest absolute Gasteiger partial charge is 0.323 e. The van der Waals surface area contributed by atoms with Crippen molar-refractivity contribution in [3.63, 3.8) is 0 Å². The zero-order valence-electron chi connectivity index (χ0n) is 16.1. The van der Waals surface area contributed by atoms with Crippen molar-refractivity contribution in [2.45, 2.75) is 76.3 Å². The quantitative estimate of drug-likeness (QED) is 0.673. The van der Waals surface area contributed by atoms with Crippen molar-refractivity contribution < 1.29 is 19.5 Å². The van der Waals surface area contributed by atoms with Crippen LogP contribution in [0.15, 0.2) is 0 Å². The molecule has 3 N–H and O–H groups in total. The lowest BCUT2D eigenvalue weighted by molar-refractivity contribution is -0.145. The second-order valence-corrected chi connectivity index (χ2v) is 8.40. The van der Waals surface area contributed by atoms with E-state index in [0.717, 1.165) is 38.1 Å². The molecule has 152 valence electrons. The highest BCUT2D eigenvalue weighted by Gasteiger charge is 2.35. The highest BCUT2D eigenvalue weighted by atomic mass is 16.4. The Morgan fingerprint density at radius 3 is 2.52 bits per heavy atom. The van der Waals surface area contributed by atoms with E-state index in [-0.39, 0.29) is 24.4 Å². The van der Waals surface area contributed by atoms with Crippen molar-refractivity contribution in [1.29, 1.82) is 0 Å². The molecular weight excluding hydrogens is 346 g/mol. The third-order valence-corrected chi connectivity index (χ3v) is 6.50. The normalized spacial score (nSPS) is 30.6. The molecule has 3 aliphatic rings. The second-order valence-electron chi connectivity index (χ2n) is 8.40. The molecule has 2 saturated heterocycles. The number of piperidine rings is 1. The standard InChI is InChI=1S/C20H33N3O4/c24-18(25)13-23-11-5-4-8-16(20(23)27)22-19(26)17-12-15(9-10-21-17)14-6-2-1-3-7-14/h14-17,21H,1-13H2,(H,22,26)(H,24,25).